The molecule has 0 fully saturated rings. The van der Waals surface area contributed by atoms with E-state index < -0.39 is 0 Å². The average Bonchev–Trinajstić information content (AvgIpc) is 2.15. The summed E-state index contributed by atoms with van der Waals surface area (Å²) in [6, 6.07) is 0. The molecular formula is C12H26N2O2. The van der Waals surface area contributed by atoms with Gasteiger partial charge < -0.3 is 15.7 Å². The van der Waals surface area contributed by atoms with Crippen LogP contribution < -0.4 is 10.6 Å². The summed E-state index contributed by atoms with van der Waals surface area (Å²) in [4.78, 5) is 11.4. The third-order valence-electron chi connectivity index (χ3n) is 2.16. The van der Waals surface area contributed by atoms with Gasteiger partial charge in [-0.25, -0.2) is 0 Å². The minimum absolute atomic E-state index is 0.0708. The molecule has 3 N–H and O–H groups in total. The minimum atomic E-state index is 0.0708. The molecule has 0 bridgehead atoms. The molecule has 0 aliphatic carbocycles. The van der Waals surface area contributed by atoms with Gasteiger partial charge in [-0.15, -0.1) is 0 Å². The number of nitrogens with one attached hydrogen (secondary N) is 2. The van der Waals surface area contributed by atoms with Gasteiger partial charge in [-0.3, -0.25) is 4.79 Å². The SMILES string of the molecule is CC(C)(C)NCCC(=O)NCCCCCO. The molecule has 0 saturated heterocycles. The highest BCUT2D eigenvalue weighted by atomic mass is 16.2. The topological polar surface area (TPSA) is 61.4 Å². The first kappa shape index (κ1) is 15.4. The van der Waals surface area contributed by atoms with Gasteiger partial charge in [0.15, 0.2) is 0 Å². The standard InChI is InChI=1S/C12H26N2O2/c1-12(2,3)14-9-7-11(16)13-8-5-4-6-10-15/h14-15H,4-10H2,1-3H3,(H,13,16). The Morgan fingerprint density at radius 2 is 1.81 bits per heavy atom. The molecule has 0 aromatic rings. The molecule has 4 heteroatoms. The van der Waals surface area contributed by atoms with E-state index in [1.54, 1.807) is 0 Å². The fraction of sp³-hybridized carbons (Fsp3) is 0.917. The molecule has 1 amide bonds. The average molecular weight is 230 g/mol. The Kier molecular flexibility index (Phi) is 8.21. The van der Waals surface area contributed by atoms with Crippen LogP contribution in [0.15, 0.2) is 0 Å². The van der Waals surface area contributed by atoms with Crippen molar-refractivity contribution in [3.63, 3.8) is 0 Å². The summed E-state index contributed by atoms with van der Waals surface area (Å²) in [7, 11) is 0. The molecule has 0 rings (SSSR count). The summed E-state index contributed by atoms with van der Waals surface area (Å²) in [6.07, 6.45) is 3.26. The number of amides is 1. The maximum atomic E-state index is 11.4. The summed E-state index contributed by atoms with van der Waals surface area (Å²) < 4.78 is 0. The van der Waals surface area contributed by atoms with Crippen LogP contribution in [0, 0.1) is 0 Å². The quantitative estimate of drug-likeness (QED) is 0.546. The zero-order chi connectivity index (χ0) is 12.4. The number of aliphatic hydroxyl groups is 1. The van der Waals surface area contributed by atoms with E-state index in [2.05, 4.69) is 31.4 Å². The lowest BCUT2D eigenvalue weighted by molar-refractivity contribution is -0.121. The molecule has 0 unspecified atom stereocenters. The molecule has 0 atom stereocenters. The number of hydrogen-bond acceptors (Lipinski definition) is 3. The highest BCUT2D eigenvalue weighted by molar-refractivity contribution is 5.75. The van der Waals surface area contributed by atoms with E-state index in [0.717, 1.165) is 19.3 Å². The first-order valence-electron chi connectivity index (χ1n) is 6.08. The maximum absolute atomic E-state index is 11.4. The number of carbonyl (C=O) groups is 1. The Labute approximate surface area is 98.8 Å². The first-order valence-corrected chi connectivity index (χ1v) is 6.08. The van der Waals surface area contributed by atoms with Crippen molar-refractivity contribution in [2.45, 2.75) is 52.0 Å². The third kappa shape index (κ3) is 11.5. The van der Waals surface area contributed by atoms with Crippen molar-refractivity contribution in [2.24, 2.45) is 0 Å². The Balaban J connectivity index is 3.32. The number of aliphatic hydroxyl groups excluding tert-OH is 1. The lowest BCUT2D eigenvalue weighted by atomic mass is 10.1. The smallest absolute Gasteiger partial charge is 0.221 e. The van der Waals surface area contributed by atoms with E-state index in [0.29, 0.717) is 19.5 Å². The molecule has 0 aliphatic heterocycles. The van der Waals surface area contributed by atoms with Gasteiger partial charge in [0, 0.05) is 31.7 Å². The van der Waals surface area contributed by atoms with Crippen molar-refractivity contribution >= 4 is 5.91 Å². The van der Waals surface area contributed by atoms with E-state index in [1.165, 1.54) is 0 Å². The number of unbranched alkanes of at least 4 members (excludes halogenated alkanes) is 2. The minimum Gasteiger partial charge on any atom is -0.396 e. The molecule has 0 aliphatic rings. The van der Waals surface area contributed by atoms with Crippen LogP contribution in [0.5, 0.6) is 0 Å². The Morgan fingerprint density at radius 1 is 1.12 bits per heavy atom. The normalized spacial score (nSPS) is 11.5. The van der Waals surface area contributed by atoms with Crippen molar-refractivity contribution in [1.29, 1.82) is 0 Å². The van der Waals surface area contributed by atoms with Gasteiger partial charge in [0.25, 0.3) is 0 Å². The monoisotopic (exact) mass is 230 g/mol. The largest absolute Gasteiger partial charge is 0.396 e. The summed E-state index contributed by atoms with van der Waals surface area (Å²) >= 11 is 0. The number of hydrogen-bond donors (Lipinski definition) is 3. The molecule has 0 aromatic carbocycles. The van der Waals surface area contributed by atoms with Crippen molar-refractivity contribution < 1.29 is 9.90 Å². The second-order valence-corrected chi connectivity index (χ2v) is 5.06. The van der Waals surface area contributed by atoms with Crippen molar-refractivity contribution in [3.8, 4) is 0 Å². The molecule has 0 radical (unpaired) electrons. The van der Waals surface area contributed by atoms with Crippen LogP contribution in [0.1, 0.15) is 46.5 Å². The Morgan fingerprint density at radius 3 is 2.38 bits per heavy atom. The maximum Gasteiger partial charge on any atom is 0.221 e. The fourth-order valence-electron chi connectivity index (χ4n) is 1.28. The van der Waals surface area contributed by atoms with Crippen LogP contribution in [-0.4, -0.2) is 36.2 Å². The van der Waals surface area contributed by atoms with Crippen molar-refractivity contribution in [1.82, 2.24) is 10.6 Å². The van der Waals surface area contributed by atoms with Gasteiger partial charge in [-0.2, -0.15) is 0 Å². The first-order chi connectivity index (χ1) is 7.45. The van der Waals surface area contributed by atoms with Crippen LogP contribution in [0.4, 0.5) is 0 Å². The predicted molar refractivity (Wildman–Crippen MR) is 66.3 cm³/mol. The highest BCUT2D eigenvalue weighted by Crippen LogP contribution is 1.98. The summed E-state index contributed by atoms with van der Waals surface area (Å²) in [5.74, 6) is 0.0979. The molecule has 0 heterocycles. The number of rotatable bonds is 8. The summed E-state index contributed by atoms with van der Waals surface area (Å²) in [6.45, 7) is 7.92. The van der Waals surface area contributed by atoms with E-state index in [4.69, 9.17) is 5.11 Å². The van der Waals surface area contributed by atoms with Crippen molar-refractivity contribution in [3.05, 3.63) is 0 Å². The van der Waals surface area contributed by atoms with Crippen LogP contribution in [0.25, 0.3) is 0 Å². The second-order valence-electron chi connectivity index (χ2n) is 5.06. The van der Waals surface area contributed by atoms with Crippen molar-refractivity contribution in [2.75, 3.05) is 19.7 Å². The Hall–Kier alpha value is -0.610. The summed E-state index contributed by atoms with van der Waals surface area (Å²) in [5.41, 5.74) is 0.0708. The molecular weight excluding hydrogens is 204 g/mol. The lowest BCUT2D eigenvalue weighted by Gasteiger charge is -2.20. The van der Waals surface area contributed by atoms with E-state index in [-0.39, 0.29) is 18.1 Å². The zero-order valence-electron chi connectivity index (χ0n) is 10.8. The molecule has 0 saturated carbocycles. The van der Waals surface area contributed by atoms with Gasteiger partial charge in [-0.1, -0.05) is 0 Å². The third-order valence-corrected chi connectivity index (χ3v) is 2.16. The molecule has 96 valence electrons. The van der Waals surface area contributed by atoms with E-state index in [9.17, 15) is 4.79 Å². The zero-order valence-corrected chi connectivity index (χ0v) is 10.8. The van der Waals surface area contributed by atoms with Gasteiger partial charge in [0.1, 0.15) is 0 Å². The highest BCUT2D eigenvalue weighted by Gasteiger charge is 2.08. The van der Waals surface area contributed by atoms with Gasteiger partial charge in [0.05, 0.1) is 0 Å². The van der Waals surface area contributed by atoms with Gasteiger partial charge in [0.2, 0.25) is 5.91 Å². The molecule has 0 aromatic heterocycles. The number of carbonyl (C=O) groups excluding carboxylic acids is 1. The second kappa shape index (κ2) is 8.53. The van der Waals surface area contributed by atoms with Crippen LogP contribution in [-0.2, 0) is 4.79 Å². The molecule has 4 nitrogen and oxygen atoms in total. The van der Waals surface area contributed by atoms with E-state index >= 15 is 0 Å². The van der Waals surface area contributed by atoms with E-state index in [1.807, 2.05) is 0 Å². The van der Waals surface area contributed by atoms with Crippen LogP contribution >= 0.6 is 0 Å². The van der Waals surface area contributed by atoms with Crippen LogP contribution in [0.2, 0.25) is 0 Å². The Bertz CT molecular complexity index is 188. The molecule has 16 heavy (non-hydrogen) atoms. The van der Waals surface area contributed by atoms with Gasteiger partial charge in [-0.05, 0) is 40.0 Å². The predicted octanol–water partition coefficient (Wildman–Crippen LogP) is 1.04. The van der Waals surface area contributed by atoms with Crippen LogP contribution in [0.3, 0.4) is 0 Å². The molecule has 0 spiro atoms. The fourth-order valence-corrected chi connectivity index (χ4v) is 1.28. The van der Waals surface area contributed by atoms with Gasteiger partial charge >= 0.3 is 0 Å². The summed E-state index contributed by atoms with van der Waals surface area (Å²) in [5, 5.41) is 14.7. The lowest BCUT2D eigenvalue weighted by Crippen LogP contribution is -2.38.